The molecule has 2 aromatic carbocycles. The van der Waals surface area contributed by atoms with Crippen LogP contribution in [0.4, 0.5) is 0 Å². The van der Waals surface area contributed by atoms with Crippen LogP contribution in [0.15, 0.2) is 78.6 Å². The second kappa shape index (κ2) is 13.1. The topological polar surface area (TPSA) is 72.3 Å². The average Bonchev–Trinajstić information content (AvgIpc) is 3.72. The number of nitrogens with one attached hydrogen (secondary N) is 1. The number of amides is 1. The molecule has 7 nitrogen and oxygen atoms in total. The van der Waals surface area contributed by atoms with E-state index in [-0.39, 0.29) is 24.1 Å². The van der Waals surface area contributed by atoms with Gasteiger partial charge in [0.05, 0.1) is 18.6 Å². The van der Waals surface area contributed by atoms with Crippen LogP contribution in [-0.4, -0.2) is 57.6 Å². The van der Waals surface area contributed by atoms with Crippen LogP contribution < -0.4 is 5.32 Å². The zero-order chi connectivity index (χ0) is 28.0. The molecule has 2 fully saturated rings. The molecular weight excluding hydrogens is 530 g/mol. The lowest BCUT2D eigenvalue weighted by Crippen LogP contribution is -2.54. The molecule has 1 amide bonds. The smallest absolute Gasteiger partial charge is 0.275 e. The predicted molar refractivity (Wildman–Crippen MR) is 163 cm³/mol. The van der Waals surface area contributed by atoms with Crippen LogP contribution in [0, 0.1) is 5.92 Å². The van der Waals surface area contributed by atoms with Gasteiger partial charge >= 0.3 is 0 Å². The number of ether oxygens (including phenoxy) is 1. The Kier molecular flexibility index (Phi) is 8.89. The van der Waals surface area contributed by atoms with Crippen LogP contribution in [0.3, 0.4) is 0 Å². The van der Waals surface area contributed by atoms with Gasteiger partial charge in [0.15, 0.2) is 5.69 Å². The van der Waals surface area contributed by atoms with Gasteiger partial charge in [-0.2, -0.15) is 0 Å². The monoisotopic (exact) mass is 569 g/mol. The molecule has 3 heterocycles. The van der Waals surface area contributed by atoms with Gasteiger partial charge in [0.2, 0.25) is 0 Å². The Labute approximate surface area is 246 Å². The Morgan fingerprint density at radius 2 is 1.85 bits per heavy atom. The molecule has 1 aliphatic carbocycles. The Morgan fingerprint density at radius 3 is 2.63 bits per heavy atom. The number of piperazine rings is 1. The van der Waals surface area contributed by atoms with E-state index >= 15 is 0 Å². The molecule has 4 aromatic rings. The number of thiazole rings is 1. The summed E-state index contributed by atoms with van der Waals surface area (Å²) in [6.45, 7) is 4.99. The predicted octanol–water partition coefficient (Wildman–Crippen LogP) is 6.17. The summed E-state index contributed by atoms with van der Waals surface area (Å²) in [5, 5.41) is 6.51. The van der Waals surface area contributed by atoms with Crippen molar-refractivity contribution in [2.24, 2.45) is 5.92 Å². The van der Waals surface area contributed by atoms with Crippen molar-refractivity contribution >= 4 is 17.2 Å². The minimum absolute atomic E-state index is 0.0195. The summed E-state index contributed by atoms with van der Waals surface area (Å²) in [7, 11) is 0. The molecule has 1 saturated carbocycles. The number of carbonyl (C=O) groups excluding carboxylic acids is 1. The van der Waals surface area contributed by atoms with Crippen molar-refractivity contribution in [1.29, 1.82) is 0 Å². The minimum atomic E-state index is -0.0274. The summed E-state index contributed by atoms with van der Waals surface area (Å²) in [6, 6.07) is 21.1. The number of aromatic nitrogens is 3. The van der Waals surface area contributed by atoms with E-state index < -0.39 is 0 Å². The quantitative estimate of drug-likeness (QED) is 0.261. The summed E-state index contributed by atoms with van der Waals surface area (Å²) in [5.41, 5.74) is 3.75. The van der Waals surface area contributed by atoms with E-state index in [0.29, 0.717) is 24.8 Å². The van der Waals surface area contributed by atoms with Crippen LogP contribution in [0.2, 0.25) is 0 Å². The number of imidazole rings is 1. The molecule has 2 aliphatic rings. The van der Waals surface area contributed by atoms with Gasteiger partial charge in [0.25, 0.3) is 5.91 Å². The molecule has 2 unspecified atom stereocenters. The van der Waals surface area contributed by atoms with Gasteiger partial charge in [-0.1, -0.05) is 73.5 Å². The summed E-state index contributed by atoms with van der Waals surface area (Å²) in [4.78, 5) is 25.7. The second-order valence-electron chi connectivity index (χ2n) is 11.2. The Hall–Kier alpha value is -3.33. The van der Waals surface area contributed by atoms with Crippen molar-refractivity contribution in [3.8, 4) is 11.3 Å². The third-order valence-electron chi connectivity index (χ3n) is 8.55. The van der Waals surface area contributed by atoms with Gasteiger partial charge < -0.3 is 19.5 Å². The number of nitrogens with zero attached hydrogens (tertiary/aromatic N) is 4. The number of hydrogen-bond donors (Lipinski definition) is 1. The summed E-state index contributed by atoms with van der Waals surface area (Å²) < 4.78 is 8.67. The molecule has 4 atom stereocenters. The molecule has 6 rings (SSSR count). The molecule has 1 N–H and O–H groups in total. The van der Waals surface area contributed by atoms with Gasteiger partial charge in [0, 0.05) is 54.8 Å². The largest absolute Gasteiger partial charge is 0.371 e. The summed E-state index contributed by atoms with van der Waals surface area (Å²) in [5.74, 6) is 0.363. The molecule has 8 heteroatoms. The molecule has 1 aliphatic heterocycles. The maximum atomic E-state index is 14.3. The molecule has 0 radical (unpaired) electrons. The van der Waals surface area contributed by atoms with Crippen molar-refractivity contribution in [3.05, 3.63) is 94.8 Å². The molecule has 0 spiro atoms. The fraction of sp³-hybridized carbons (Fsp3) is 0.424. The number of carbonyl (C=O) groups is 1. The molecule has 1 saturated heterocycles. The second-order valence-corrected chi connectivity index (χ2v) is 12.1. The Balaban J connectivity index is 1.29. The maximum absolute atomic E-state index is 14.3. The fourth-order valence-electron chi connectivity index (χ4n) is 6.41. The standard InChI is InChI=1S/C33H39N5O2S/c1-24(32-35-17-19-41-32)40-22-27-14-8-9-15-29(27)38-23-36-30(31(38)26-12-6-3-7-13-26)33(39)37-18-16-34-21-28(37)20-25-10-4-2-5-11-25/h2-7,10-13,17,19,23-24,27-29,34H,8-9,14-16,18,20-22H2,1H3/t24?,27?,28-,29-/m1/s1. The zero-order valence-corrected chi connectivity index (χ0v) is 24.5. The van der Waals surface area contributed by atoms with E-state index in [1.165, 1.54) is 12.0 Å². The molecule has 41 heavy (non-hydrogen) atoms. The lowest BCUT2D eigenvalue weighted by molar-refractivity contribution is 0.0149. The van der Waals surface area contributed by atoms with Crippen LogP contribution in [0.1, 0.15) is 65.8 Å². The summed E-state index contributed by atoms with van der Waals surface area (Å²) in [6.07, 6.45) is 9.05. The zero-order valence-electron chi connectivity index (χ0n) is 23.7. The number of benzene rings is 2. The third kappa shape index (κ3) is 6.30. The average molecular weight is 570 g/mol. The number of rotatable bonds is 9. The Bertz CT molecular complexity index is 1390. The normalized spacial score (nSPS) is 22.0. The molecular formula is C33H39N5O2S. The van der Waals surface area contributed by atoms with Crippen molar-refractivity contribution < 1.29 is 9.53 Å². The van der Waals surface area contributed by atoms with E-state index in [1.807, 2.05) is 47.1 Å². The van der Waals surface area contributed by atoms with Crippen molar-refractivity contribution in [2.45, 2.75) is 57.2 Å². The summed E-state index contributed by atoms with van der Waals surface area (Å²) >= 11 is 1.64. The van der Waals surface area contributed by atoms with Gasteiger partial charge in [-0.3, -0.25) is 4.79 Å². The maximum Gasteiger partial charge on any atom is 0.275 e. The molecule has 0 bridgehead atoms. The van der Waals surface area contributed by atoms with Crippen molar-refractivity contribution in [1.82, 2.24) is 24.8 Å². The van der Waals surface area contributed by atoms with Crippen LogP contribution >= 0.6 is 11.3 Å². The third-order valence-corrected chi connectivity index (χ3v) is 9.49. The highest BCUT2D eigenvalue weighted by atomic mass is 32.1. The Morgan fingerprint density at radius 1 is 1.07 bits per heavy atom. The minimum Gasteiger partial charge on any atom is -0.371 e. The SMILES string of the molecule is CC(OCC1CCCC[C@H]1n1cnc(C(=O)N2CCNC[C@H]2Cc2ccccc2)c1-c1ccccc1)c1nccs1. The first-order valence-corrected chi connectivity index (χ1v) is 15.8. The van der Waals surface area contributed by atoms with Gasteiger partial charge in [-0.25, -0.2) is 9.97 Å². The fourth-order valence-corrected chi connectivity index (χ4v) is 7.05. The first-order valence-electron chi connectivity index (χ1n) is 14.9. The first-order chi connectivity index (χ1) is 20.2. The highest BCUT2D eigenvalue weighted by Crippen LogP contribution is 2.39. The van der Waals surface area contributed by atoms with Gasteiger partial charge in [-0.15, -0.1) is 11.3 Å². The molecule has 214 valence electrons. The van der Waals surface area contributed by atoms with E-state index in [9.17, 15) is 4.79 Å². The van der Waals surface area contributed by atoms with Crippen LogP contribution in [0.25, 0.3) is 11.3 Å². The van der Waals surface area contributed by atoms with Crippen molar-refractivity contribution in [3.63, 3.8) is 0 Å². The van der Waals surface area contributed by atoms with E-state index in [0.717, 1.165) is 55.0 Å². The van der Waals surface area contributed by atoms with Gasteiger partial charge in [-0.05, 0) is 31.7 Å². The van der Waals surface area contributed by atoms with E-state index in [1.54, 1.807) is 11.3 Å². The van der Waals surface area contributed by atoms with Crippen LogP contribution in [0.5, 0.6) is 0 Å². The van der Waals surface area contributed by atoms with Crippen molar-refractivity contribution in [2.75, 3.05) is 26.2 Å². The van der Waals surface area contributed by atoms with E-state index in [2.05, 4.69) is 58.2 Å². The highest BCUT2D eigenvalue weighted by Gasteiger charge is 2.35. The lowest BCUT2D eigenvalue weighted by atomic mass is 9.84. The lowest BCUT2D eigenvalue weighted by Gasteiger charge is -2.36. The molecule has 2 aromatic heterocycles. The number of hydrogen-bond acceptors (Lipinski definition) is 6. The van der Waals surface area contributed by atoms with E-state index in [4.69, 9.17) is 9.72 Å². The van der Waals surface area contributed by atoms with Crippen LogP contribution in [-0.2, 0) is 11.2 Å². The van der Waals surface area contributed by atoms with Gasteiger partial charge in [0.1, 0.15) is 11.1 Å². The first kappa shape index (κ1) is 27.8. The highest BCUT2D eigenvalue weighted by molar-refractivity contribution is 7.09.